The van der Waals surface area contributed by atoms with Crippen LogP contribution in [0, 0.1) is 5.82 Å². The molecule has 0 atom stereocenters. The molecule has 0 heterocycles. The van der Waals surface area contributed by atoms with Crippen LogP contribution in [0.4, 0.5) is 10.1 Å². The first-order valence-corrected chi connectivity index (χ1v) is 6.43. The second kappa shape index (κ2) is 6.82. The van der Waals surface area contributed by atoms with Gasteiger partial charge in [-0.25, -0.2) is 9.18 Å². The first-order chi connectivity index (χ1) is 10.5. The standard InChI is InChI=1S/C16H14FNO4/c1-22-9-10-3-2-4-11(7-10)15(19)18-12-5-6-14(17)13(8-12)16(20)21/h2-8H,9H2,1H3,(H,18,19)(H,20,21). The first-order valence-electron chi connectivity index (χ1n) is 6.43. The van der Waals surface area contributed by atoms with Crippen LogP contribution in [0.15, 0.2) is 42.5 Å². The smallest absolute Gasteiger partial charge is 0.338 e. The molecule has 0 aliphatic carbocycles. The molecule has 0 aromatic heterocycles. The molecule has 0 fully saturated rings. The third kappa shape index (κ3) is 3.67. The summed E-state index contributed by atoms with van der Waals surface area (Å²) < 4.78 is 18.3. The Morgan fingerprint density at radius 3 is 2.68 bits per heavy atom. The highest BCUT2D eigenvalue weighted by Gasteiger charge is 2.13. The number of benzene rings is 2. The van der Waals surface area contributed by atoms with Gasteiger partial charge in [0.15, 0.2) is 0 Å². The van der Waals surface area contributed by atoms with Crippen LogP contribution < -0.4 is 5.32 Å². The van der Waals surface area contributed by atoms with Gasteiger partial charge in [-0.1, -0.05) is 12.1 Å². The molecule has 0 aliphatic heterocycles. The van der Waals surface area contributed by atoms with Crippen LogP contribution in [0.5, 0.6) is 0 Å². The Balaban J connectivity index is 2.20. The van der Waals surface area contributed by atoms with E-state index < -0.39 is 23.3 Å². The highest BCUT2D eigenvalue weighted by atomic mass is 19.1. The number of hydrogen-bond acceptors (Lipinski definition) is 3. The van der Waals surface area contributed by atoms with Gasteiger partial charge in [0.05, 0.1) is 12.2 Å². The molecule has 2 rings (SSSR count). The molecular weight excluding hydrogens is 289 g/mol. The fourth-order valence-electron chi connectivity index (χ4n) is 1.94. The van der Waals surface area contributed by atoms with E-state index in [4.69, 9.17) is 9.84 Å². The second-order valence-electron chi connectivity index (χ2n) is 4.59. The number of carbonyl (C=O) groups excluding carboxylic acids is 1. The molecule has 0 spiro atoms. The highest BCUT2D eigenvalue weighted by molar-refractivity contribution is 6.04. The number of amides is 1. The molecule has 1 amide bonds. The lowest BCUT2D eigenvalue weighted by molar-refractivity contribution is 0.0691. The number of halogens is 1. The molecule has 6 heteroatoms. The van der Waals surface area contributed by atoms with Gasteiger partial charge < -0.3 is 15.2 Å². The molecule has 114 valence electrons. The molecule has 2 aromatic carbocycles. The first kappa shape index (κ1) is 15.7. The summed E-state index contributed by atoms with van der Waals surface area (Å²) in [5.74, 6) is -2.66. The lowest BCUT2D eigenvalue weighted by atomic mass is 10.1. The van der Waals surface area contributed by atoms with Crippen molar-refractivity contribution in [2.45, 2.75) is 6.61 Å². The topological polar surface area (TPSA) is 75.6 Å². The Morgan fingerprint density at radius 1 is 1.23 bits per heavy atom. The van der Waals surface area contributed by atoms with Crippen molar-refractivity contribution in [2.24, 2.45) is 0 Å². The van der Waals surface area contributed by atoms with Crippen molar-refractivity contribution in [1.82, 2.24) is 0 Å². The third-order valence-electron chi connectivity index (χ3n) is 2.95. The Kier molecular flexibility index (Phi) is 4.85. The van der Waals surface area contributed by atoms with Crippen molar-refractivity contribution in [3.05, 3.63) is 65.0 Å². The van der Waals surface area contributed by atoms with Gasteiger partial charge in [-0.15, -0.1) is 0 Å². The molecule has 2 aromatic rings. The number of ether oxygens (including phenoxy) is 1. The Hall–Kier alpha value is -2.73. The van der Waals surface area contributed by atoms with Gasteiger partial charge in [0.1, 0.15) is 5.82 Å². The number of carboxylic acids is 1. The average molecular weight is 303 g/mol. The normalized spacial score (nSPS) is 10.3. The van der Waals surface area contributed by atoms with E-state index in [2.05, 4.69) is 5.32 Å². The lowest BCUT2D eigenvalue weighted by Crippen LogP contribution is -2.13. The molecule has 0 radical (unpaired) electrons. The number of hydrogen-bond donors (Lipinski definition) is 2. The fraction of sp³-hybridized carbons (Fsp3) is 0.125. The molecule has 0 bridgehead atoms. The number of rotatable bonds is 5. The predicted molar refractivity (Wildman–Crippen MR) is 78.5 cm³/mol. The molecule has 22 heavy (non-hydrogen) atoms. The third-order valence-corrected chi connectivity index (χ3v) is 2.95. The Morgan fingerprint density at radius 2 is 2.00 bits per heavy atom. The largest absolute Gasteiger partial charge is 0.478 e. The van der Waals surface area contributed by atoms with Crippen molar-refractivity contribution in [1.29, 1.82) is 0 Å². The predicted octanol–water partition coefficient (Wildman–Crippen LogP) is 2.92. The molecule has 0 saturated carbocycles. The minimum Gasteiger partial charge on any atom is -0.478 e. The molecule has 5 nitrogen and oxygen atoms in total. The van der Waals surface area contributed by atoms with Gasteiger partial charge in [-0.05, 0) is 35.9 Å². The van der Waals surface area contributed by atoms with Gasteiger partial charge in [0, 0.05) is 18.4 Å². The van der Waals surface area contributed by atoms with Gasteiger partial charge in [0.25, 0.3) is 5.91 Å². The quantitative estimate of drug-likeness (QED) is 0.890. The SMILES string of the molecule is COCc1cccc(C(=O)Nc2ccc(F)c(C(=O)O)c2)c1. The molecule has 0 saturated heterocycles. The summed E-state index contributed by atoms with van der Waals surface area (Å²) >= 11 is 0. The summed E-state index contributed by atoms with van der Waals surface area (Å²) in [6, 6.07) is 10.2. The Bertz CT molecular complexity index is 715. The van der Waals surface area contributed by atoms with Gasteiger partial charge in [-0.3, -0.25) is 4.79 Å². The number of nitrogens with one attached hydrogen (secondary N) is 1. The molecular formula is C16H14FNO4. The maximum Gasteiger partial charge on any atom is 0.338 e. The summed E-state index contributed by atoms with van der Waals surface area (Å²) in [6.45, 7) is 0.376. The number of carbonyl (C=O) groups is 2. The zero-order valence-electron chi connectivity index (χ0n) is 11.8. The van der Waals surface area contributed by atoms with Crippen LogP contribution in [0.3, 0.4) is 0 Å². The van der Waals surface area contributed by atoms with Crippen LogP contribution in [0.25, 0.3) is 0 Å². The van der Waals surface area contributed by atoms with Gasteiger partial charge >= 0.3 is 5.97 Å². The monoisotopic (exact) mass is 303 g/mol. The van der Waals surface area contributed by atoms with E-state index in [9.17, 15) is 14.0 Å². The number of aromatic carboxylic acids is 1. The summed E-state index contributed by atoms with van der Waals surface area (Å²) in [4.78, 5) is 23.0. The molecule has 0 unspecified atom stereocenters. The van der Waals surface area contributed by atoms with Gasteiger partial charge in [-0.2, -0.15) is 0 Å². The van der Waals surface area contributed by atoms with E-state index in [1.165, 1.54) is 6.07 Å². The van der Waals surface area contributed by atoms with Crippen molar-refractivity contribution in [2.75, 3.05) is 12.4 Å². The number of anilines is 1. The maximum atomic E-state index is 13.3. The van der Waals surface area contributed by atoms with Crippen LogP contribution in [0.1, 0.15) is 26.3 Å². The molecule has 2 N–H and O–H groups in total. The summed E-state index contributed by atoms with van der Waals surface area (Å²) in [7, 11) is 1.55. The van der Waals surface area contributed by atoms with Crippen LogP contribution in [-0.4, -0.2) is 24.1 Å². The van der Waals surface area contributed by atoms with Crippen molar-refractivity contribution in [3.8, 4) is 0 Å². The molecule has 0 aliphatic rings. The van der Waals surface area contributed by atoms with Crippen LogP contribution in [-0.2, 0) is 11.3 Å². The fourth-order valence-corrected chi connectivity index (χ4v) is 1.94. The minimum absolute atomic E-state index is 0.209. The van der Waals surface area contributed by atoms with E-state index in [0.29, 0.717) is 12.2 Å². The van der Waals surface area contributed by atoms with Crippen LogP contribution >= 0.6 is 0 Å². The van der Waals surface area contributed by atoms with Crippen molar-refractivity contribution >= 4 is 17.6 Å². The summed E-state index contributed by atoms with van der Waals surface area (Å²) in [5.41, 5.74) is 0.947. The van der Waals surface area contributed by atoms with E-state index in [0.717, 1.165) is 17.7 Å². The number of carboxylic acid groups (broad SMARTS) is 1. The van der Waals surface area contributed by atoms with Crippen molar-refractivity contribution < 1.29 is 23.8 Å². The van der Waals surface area contributed by atoms with E-state index in [1.807, 2.05) is 6.07 Å². The van der Waals surface area contributed by atoms with Crippen LogP contribution in [0.2, 0.25) is 0 Å². The Labute approximate surface area is 126 Å². The lowest BCUT2D eigenvalue weighted by Gasteiger charge is -2.08. The second-order valence-corrected chi connectivity index (χ2v) is 4.59. The van der Waals surface area contributed by atoms with E-state index in [-0.39, 0.29) is 5.69 Å². The van der Waals surface area contributed by atoms with Gasteiger partial charge in [0.2, 0.25) is 0 Å². The van der Waals surface area contributed by atoms with Crippen molar-refractivity contribution in [3.63, 3.8) is 0 Å². The average Bonchev–Trinajstić information content (AvgIpc) is 2.49. The minimum atomic E-state index is -1.39. The zero-order valence-corrected chi connectivity index (χ0v) is 11.8. The van der Waals surface area contributed by atoms with E-state index >= 15 is 0 Å². The number of methoxy groups -OCH3 is 1. The highest BCUT2D eigenvalue weighted by Crippen LogP contribution is 2.16. The summed E-state index contributed by atoms with van der Waals surface area (Å²) in [6.07, 6.45) is 0. The zero-order chi connectivity index (χ0) is 16.1. The summed E-state index contributed by atoms with van der Waals surface area (Å²) in [5, 5.41) is 11.4. The maximum absolute atomic E-state index is 13.3. The van der Waals surface area contributed by atoms with E-state index in [1.54, 1.807) is 25.3 Å².